The van der Waals surface area contributed by atoms with Gasteiger partial charge in [0.15, 0.2) is 0 Å². The minimum Gasteiger partial charge on any atom is -0.385 e. The van der Waals surface area contributed by atoms with Crippen LogP contribution in [0.2, 0.25) is 0 Å². The molecule has 0 saturated heterocycles. The maximum atomic E-state index is 12.8. The van der Waals surface area contributed by atoms with Gasteiger partial charge < -0.3 is 4.74 Å². The molecule has 1 heterocycles. The van der Waals surface area contributed by atoms with Crippen LogP contribution < -0.4 is 0 Å². The minimum absolute atomic E-state index is 0.0982. The van der Waals surface area contributed by atoms with Gasteiger partial charge in [0, 0.05) is 13.2 Å². The van der Waals surface area contributed by atoms with Gasteiger partial charge in [-0.25, -0.2) is 8.78 Å². The Bertz CT molecular complexity index is 282. The van der Waals surface area contributed by atoms with Crippen molar-refractivity contribution in [2.45, 2.75) is 6.00 Å². The molecular formula is C7H6BF2NO. The molecule has 2 nitrogen and oxygen atoms in total. The number of ether oxygens (including phenoxy) is 1. The van der Waals surface area contributed by atoms with E-state index in [4.69, 9.17) is 7.85 Å². The summed E-state index contributed by atoms with van der Waals surface area (Å²) in [4.78, 5) is 3.45. The van der Waals surface area contributed by atoms with Crippen LogP contribution in [0.5, 0.6) is 0 Å². The van der Waals surface area contributed by atoms with Gasteiger partial charge in [0.05, 0.1) is 17.9 Å². The summed E-state index contributed by atoms with van der Waals surface area (Å²) in [6.45, 7) is 0. The van der Waals surface area contributed by atoms with Crippen LogP contribution in [-0.4, -0.2) is 19.9 Å². The van der Waals surface area contributed by atoms with Gasteiger partial charge in [-0.3, -0.25) is 4.98 Å². The van der Waals surface area contributed by atoms with Crippen LogP contribution in [-0.2, 0) is 4.74 Å². The van der Waals surface area contributed by atoms with Gasteiger partial charge in [-0.05, 0) is 0 Å². The van der Waals surface area contributed by atoms with Crippen molar-refractivity contribution in [3.63, 3.8) is 0 Å². The molecule has 0 N–H and O–H groups in total. The Labute approximate surface area is 70.0 Å². The van der Waals surface area contributed by atoms with Gasteiger partial charge in [0.25, 0.3) is 0 Å². The molecular weight excluding hydrogens is 163 g/mol. The topological polar surface area (TPSA) is 22.1 Å². The lowest BCUT2D eigenvalue weighted by Crippen LogP contribution is -2.06. The van der Waals surface area contributed by atoms with Crippen molar-refractivity contribution in [3.05, 3.63) is 29.6 Å². The first-order valence-electron chi connectivity index (χ1n) is 3.24. The zero-order chi connectivity index (χ0) is 9.14. The van der Waals surface area contributed by atoms with Gasteiger partial charge >= 0.3 is 0 Å². The summed E-state index contributed by atoms with van der Waals surface area (Å²) in [6.07, 6.45) is 0.886. The molecule has 0 bridgehead atoms. The fourth-order valence-corrected chi connectivity index (χ4v) is 0.746. The van der Waals surface area contributed by atoms with E-state index in [0.717, 1.165) is 6.20 Å². The van der Waals surface area contributed by atoms with E-state index in [-0.39, 0.29) is 5.69 Å². The van der Waals surface area contributed by atoms with Crippen LogP contribution in [0.1, 0.15) is 11.7 Å². The number of methoxy groups -OCH3 is 1. The average Bonchev–Trinajstić information content (AvgIpc) is 2.03. The molecule has 0 amide bonds. The van der Waals surface area contributed by atoms with Crippen molar-refractivity contribution < 1.29 is 13.5 Å². The first-order chi connectivity index (χ1) is 5.65. The van der Waals surface area contributed by atoms with Crippen LogP contribution in [0.4, 0.5) is 8.78 Å². The van der Waals surface area contributed by atoms with Gasteiger partial charge in [0.2, 0.25) is 0 Å². The second-order valence-electron chi connectivity index (χ2n) is 2.18. The monoisotopic (exact) mass is 169 g/mol. The lowest BCUT2D eigenvalue weighted by atomic mass is 9.96. The van der Waals surface area contributed by atoms with Gasteiger partial charge in [0.1, 0.15) is 19.5 Å². The Balaban J connectivity index is 3.01. The van der Waals surface area contributed by atoms with Crippen molar-refractivity contribution in [2.75, 3.05) is 7.11 Å². The van der Waals surface area contributed by atoms with E-state index in [1.807, 2.05) is 0 Å². The first-order valence-corrected chi connectivity index (χ1v) is 3.24. The minimum atomic E-state index is -0.953. The summed E-state index contributed by atoms with van der Waals surface area (Å²) in [6, 6.07) is -0.244. The summed E-state index contributed by atoms with van der Waals surface area (Å²) in [5.74, 6) is -1.54. The molecule has 1 unspecified atom stereocenters. The number of nitrogens with zero attached hydrogens (tertiary/aromatic N) is 1. The third-order valence-electron chi connectivity index (χ3n) is 1.36. The maximum absolute atomic E-state index is 12.8. The molecule has 2 radical (unpaired) electrons. The molecule has 0 aliphatic carbocycles. The molecule has 12 heavy (non-hydrogen) atoms. The zero-order valence-electron chi connectivity index (χ0n) is 6.42. The highest BCUT2D eigenvalue weighted by Crippen LogP contribution is 2.14. The van der Waals surface area contributed by atoms with E-state index in [1.165, 1.54) is 7.11 Å². The summed E-state index contributed by atoms with van der Waals surface area (Å²) in [5, 5.41) is 0. The second-order valence-corrected chi connectivity index (χ2v) is 2.18. The van der Waals surface area contributed by atoms with Crippen molar-refractivity contribution >= 4 is 7.85 Å². The largest absolute Gasteiger partial charge is 0.385 e. The summed E-state index contributed by atoms with van der Waals surface area (Å²) >= 11 is 0. The van der Waals surface area contributed by atoms with Crippen LogP contribution in [0.15, 0.2) is 12.3 Å². The fourth-order valence-electron chi connectivity index (χ4n) is 0.746. The first kappa shape index (κ1) is 9.13. The van der Waals surface area contributed by atoms with Crippen LogP contribution in [0.25, 0.3) is 0 Å². The maximum Gasteiger partial charge on any atom is 0.149 e. The Morgan fingerprint density at radius 2 is 2.25 bits per heavy atom. The van der Waals surface area contributed by atoms with Gasteiger partial charge in [-0.15, -0.1) is 0 Å². The zero-order valence-corrected chi connectivity index (χ0v) is 6.42. The summed E-state index contributed by atoms with van der Waals surface area (Å²) in [5.41, 5.74) is -0.0982. The van der Waals surface area contributed by atoms with E-state index in [9.17, 15) is 8.78 Å². The number of aromatic nitrogens is 1. The Morgan fingerprint density at radius 1 is 1.58 bits per heavy atom. The highest BCUT2D eigenvalue weighted by Gasteiger charge is 2.11. The van der Waals surface area contributed by atoms with Crippen molar-refractivity contribution in [1.29, 1.82) is 0 Å². The highest BCUT2D eigenvalue weighted by atomic mass is 19.1. The number of halogens is 2. The molecule has 1 aromatic heterocycles. The van der Waals surface area contributed by atoms with Crippen molar-refractivity contribution in [2.24, 2.45) is 0 Å². The molecule has 0 aromatic carbocycles. The van der Waals surface area contributed by atoms with Crippen LogP contribution >= 0.6 is 0 Å². The van der Waals surface area contributed by atoms with Crippen molar-refractivity contribution in [3.8, 4) is 0 Å². The smallest absolute Gasteiger partial charge is 0.149 e. The van der Waals surface area contributed by atoms with Crippen LogP contribution in [0, 0.1) is 11.6 Å². The number of hydrogen-bond acceptors (Lipinski definition) is 2. The molecule has 62 valence electrons. The van der Waals surface area contributed by atoms with E-state index in [0.29, 0.717) is 6.07 Å². The number of hydrogen-bond donors (Lipinski definition) is 0. The van der Waals surface area contributed by atoms with E-state index >= 15 is 0 Å². The molecule has 0 saturated carbocycles. The molecule has 1 atom stereocenters. The Kier molecular flexibility index (Phi) is 2.76. The Hall–Kier alpha value is -0.965. The molecule has 0 fully saturated rings. The Morgan fingerprint density at radius 3 is 2.75 bits per heavy atom. The molecule has 0 aliphatic heterocycles. The lowest BCUT2D eigenvalue weighted by Gasteiger charge is -2.09. The average molecular weight is 169 g/mol. The molecule has 0 spiro atoms. The van der Waals surface area contributed by atoms with E-state index in [1.54, 1.807) is 0 Å². The summed E-state index contributed by atoms with van der Waals surface area (Å²) in [7, 11) is 6.61. The normalized spacial score (nSPS) is 12.9. The summed E-state index contributed by atoms with van der Waals surface area (Å²) < 4.78 is 29.8. The second kappa shape index (κ2) is 3.62. The third kappa shape index (κ3) is 1.79. The predicted octanol–water partition coefficient (Wildman–Crippen LogP) is 1.17. The molecule has 1 rings (SSSR count). The number of rotatable bonds is 2. The van der Waals surface area contributed by atoms with Gasteiger partial charge in [-0.1, -0.05) is 0 Å². The van der Waals surface area contributed by atoms with Gasteiger partial charge in [-0.2, -0.15) is 0 Å². The van der Waals surface area contributed by atoms with Crippen LogP contribution in [0.3, 0.4) is 0 Å². The molecule has 1 aromatic rings. The SMILES string of the molecule is [B]C(OC)c1ncc(F)cc1F. The third-order valence-corrected chi connectivity index (χ3v) is 1.36. The highest BCUT2D eigenvalue weighted by molar-refractivity contribution is 6.11. The number of pyridine rings is 1. The molecule has 0 aliphatic rings. The molecule has 5 heteroatoms. The fraction of sp³-hybridized carbons (Fsp3) is 0.286. The van der Waals surface area contributed by atoms with E-state index in [2.05, 4.69) is 9.72 Å². The van der Waals surface area contributed by atoms with E-state index < -0.39 is 17.6 Å². The van der Waals surface area contributed by atoms with Crippen molar-refractivity contribution in [1.82, 2.24) is 4.98 Å². The lowest BCUT2D eigenvalue weighted by molar-refractivity contribution is 0.161. The quantitative estimate of drug-likeness (QED) is 0.620. The standard InChI is InChI=1S/C7H6BF2NO/c1-12-7(8)6-5(10)2-4(9)3-11-6/h2-3,7H,1H3. The predicted molar refractivity (Wildman–Crippen MR) is 39.7 cm³/mol.